The van der Waals surface area contributed by atoms with Crippen LogP contribution in [0.15, 0.2) is 0 Å². The molecule has 5 aliphatic rings. The summed E-state index contributed by atoms with van der Waals surface area (Å²) in [4.78, 5) is 12.5. The van der Waals surface area contributed by atoms with E-state index in [4.69, 9.17) is 4.74 Å². The third kappa shape index (κ3) is 6.22. The average Bonchev–Trinajstić information content (AvgIpc) is 2.82. The molecule has 4 heteroatoms. The van der Waals surface area contributed by atoms with Crippen molar-refractivity contribution in [1.29, 1.82) is 0 Å². The van der Waals surface area contributed by atoms with Crippen molar-refractivity contribution in [3.05, 3.63) is 0 Å². The Hall–Kier alpha value is -0.610. The van der Waals surface area contributed by atoms with Crippen LogP contribution < -0.4 is 10.6 Å². The van der Waals surface area contributed by atoms with Crippen molar-refractivity contribution < 1.29 is 9.53 Å². The van der Waals surface area contributed by atoms with Gasteiger partial charge in [-0.3, -0.25) is 4.79 Å². The molecule has 1 amide bonds. The van der Waals surface area contributed by atoms with Crippen molar-refractivity contribution in [1.82, 2.24) is 10.6 Å². The van der Waals surface area contributed by atoms with E-state index in [9.17, 15) is 4.79 Å². The molecular weight excluding hydrogens is 372 g/mol. The molecule has 0 heterocycles. The van der Waals surface area contributed by atoms with Crippen LogP contribution in [-0.2, 0) is 9.53 Å². The Bertz CT molecular complexity index is 509. The van der Waals surface area contributed by atoms with Crippen molar-refractivity contribution in [2.75, 3.05) is 6.61 Å². The van der Waals surface area contributed by atoms with Gasteiger partial charge in [-0.2, -0.15) is 0 Å². The van der Waals surface area contributed by atoms with Crippen LogP contribution in [0.3, 0.4) is 0 Å². The molecule has 0 aromatic heterocycles. The molecule has 0 unspecified atom stereocenters. The third-order valence-corrected chi connectivity index (χ3v) is 8.30. The quantitative estimate of drug-likeness (QED) is 0.575. The first kappa shape index (κ1) is 22.6. The molecule has 0 saturated heterocycles. The number of hydrogen-bond donors (Lipinski definition) is 2. The van der Waals surface area contributed by atoms with E-state index < -0.39 is 0 Å². The van der Waals surface area contributed by atoms with Gasteiger partial charge in [0.05, 0.1) is 6.10 Å². The smallest absolute Gasteiger partial charge is 0.246 e. The van der Waals surface area contributed by atoms with Gasteiger partial charge in [0.1, 0.15) is 6.61 Å². The maximum atomic E-state index is 12.5. The Morgan fingerprint density at radius 2 is 1.13 bits per heavy atom. The molecule has 0 aliphatic heterocycles. The zero-order valence-corrected chi connectivity index (χ0v) is 19.3. The minimum atomic E-state index is 0.0852. The van der Waals surface area contributed by atoms with E-state index in [0.717, 1.165) is 32.1 Å². The maximum absolute atomic E-state index is 12.5. The van der Waals surface area contributed by atoms with Gasteiger partial charge < -0.3 is 15.4 Å². The van der Waals surface area contributed by atoms with Gasteiger partial charge in [0.15, 0.2) is 0 Å². The van der Waals surface area contributed by atoms with Gasteiger partial charge in [0, 0.05) is 17.1 Å². The zero-order valence-electron chi connectivity index (χ0n) is 19.3. The average molecular weight is 419 g/mol. The van der Waals surface area contributed by atoms with Crippen molar-refractivity contribution in [2.24, 2.45) is 0 Å². The lowest BCUT2D eigenvalue weighted by molar-refractivity contribution is -0.149. The van der Waals surface area contributed by atoms with Gasteiger partial charge in [-0.15, -0.1) is 0 Å². The Morgan fingerprint density at radius 1 is 0.667 bits per heavy atom. The van der Waals surface area contributed by atoms with E-state index >= 15 is 0 Å². The van der Waals surface area contributed by atoms with Crippen LogP contribution in [0.1, 0.15) is 128 Å². The van der Waals surface area contributed by atoms with Gasteiger partial charge >= 0.3 is 0 Å². The summed E-state index contributed by atoms with van der Waals surface area (Å²) in [5, 5.41) is 7.37. The summed E-state index contributed by atoms with van der Waals surface area (Å²) in [6.07, 6.45) is 26.4. The van der Waals surface area contributed by atoms with Crippen molar-refractivity contribution in [2.45, 2.75) is 152 Å². The summed E-state index contributed by atoms with van der Waals surface area (Å²) in [7, 11) is 0. The number of carbonyl (C=O) groups is 1. The highest BCUT2D eigenvalue weighted by atomic mass is 16.5. The number of rotatable bonds is 6. The van der Waals surface area contributed by atoms with Gasteiger partial charge in [-0.05, 0) is 44.9 Å². The first-order chi connectivity index (χ1) is 14.7. The molecule has 0 radical (unpaired) electrons. The van der Waals surface area contributed by atoms with E-state index in [-0.39, 0.29) is 18.1 Å². The second kappa shape index (κ2) is 10.8. The molecule has 30 heavy (non-hydrogen) atoms. The number of nitrogens with one attached hydrogen (secondary N) is 2. The monoisotopic (exact) mass is 418 g/mol. The van der Waals surface area contributed by atoms with E-state index in [0.29, 0.717) is 17.7 Å². The van der Waals surface area contributed by atoms with Gasteiger partial charge in [0.25, 0.3) is 0 Å². The topological polar surface area (TPSA) is 50.4 Å². The van der Waals surface area contributed by atoms with Crippen molar-refractivity contribution in [3.63, 3.8) is 0 Å². The molecule has 172 valence electrons. The van der Waals surface area contributed by atoms with Crippen LogP contribution in [0.2, 0.25) is 0 Å². The first-order valence-electron chi connectivity index (χ1n) is 13.4. The normalized spacial score (nSPS) is 34.5. The van der Waals surface area contributed by atoms with E-state index in [1.54, 1.807) is 0 Å². The maximum Gasteiger partial charge on any atom is 0.246 e. The van der Waals surface area contributed by atoms with Crippen LogP contribution in [0, 0.1) is 0 Å². The molecule has 0 spiro atoms. The highest BCUT2D eigenvalue weighted by Gasteiger charge is 2.68. The molecule has 4 nitrogen and oxygen atoms in total. The highest BCUT2D eigenvalue weighted by Crippen LogP contribution is 2.60. The largest absolute Gasteiger partial charge is 0.368 e. The summed E-state index contributed by atoms with van der Waals surface area (Å²) in [6.45, 7) is 0.259. The fourth-order valence-corrected chi connectivity index (χ4v) is 6.75. The fraction of sp³-hybridized carbons (Fsp3) is 0.962. The van der Waals surface area contributed by atoms with Crippen LogP contribution in [0.25, 0.3) is 0 Å². The van der Waals surface area contributed by atoms with E-state index in [1.807, 2.05) is 0 Å². The number of carbonyl (C=O) groups excluding carboxylic acids is 1. The van der Waals surface area contributed by atoms with Crippen molar-refractivity contribution >= 4 is 5.91 Å². The minimum absolute atomic E-state index is 0.0852. The van der Waals surface area contributed by atoms with Crippen LogP contribution in [-0.4, -0.2) is 35.7 Å². The number of ether oxygens (including phenoxy) is 1. The van der Waals surface area contributed by atoms with E-state index in [2.05, 4.69) is 10.6 Å². The van der Waals surface area contributed by atoms with Gasteiger partial charge in [-0.25, -0.2) is 0 Å². The van der Waals surface area contributed by atoms with Crippen LogP contribution >= 0.6 is 0 Å². The van der Waals surface area contributed by atoms with Gasteiger partial charge in [0.2, 0.25) is 5.91 Å². The summed E-state index contributed by atoms with van der Waals surface area (Å²) in [5.41, 5.74) is 0.419. The Kier molecular flexibility index (Phi) is 8.14. The lowest BCUT2D eigenvalue weighted by Crippen LogP contribution is -2.84. The fourth-order valence-electron chi connectivity index (χ4n) is 6.75. The summed E-state index contributed by atoms with van der Waals surface area (Å²) in [6, 6.07) is 0.698. The molecule has 2 bridgehead atoms. The molecule has 5 fully saturated rings. The first-order valence-corrected chi connectivity index (χ1v) is 13.4. The Labute approximate surface area is 184 Å². The zero-order chi connectivity index (χ0) is 20.7. The minimum Gasteiger partial charge on any atom is -0.368 e. The third-order valence-electron chi connectivity index (χ3n) is 8.30. The van der Waals surface area contributed by atoms with Gasteiger partial charge in [-0.1, -0.05) is 83.5 Å². The molecule has 0 aromatic carbocycles. The van der Waals surface area contributed by atoms with Crippen molar-refractivity contribution in [3.8, 4) is 0 Å². The second-order valence-corrected chi connectivity index (χ2v) is 11.2. The molecular formula is C26H46N2O2. The molecule has 0 atom stereocenters. The summed E-state index contributed by atoms with van der Waals surface area (Å²) < 4.78 is 6.03. The predicted molar refractivity (Wildman–Crippen MR) is 123 cm³/mol. The molecule has 0 aromatic rings. The van der Waals surface area contributed by atoms with E-state index in [1.165, 1.54) is 96.3 Å². The number of hydrogen-bond acceptors (Lipinski definition) is 3. The molecule has 5 saturated carbocycles. The molecule has 5 aliphatic carbocycles. The highest BCUT2D eigenvalue weighted by molar-refractivity contribution is 5.79. The SMILES string of the molecule is O=C(COC1CCCCCCCC1)NC12CC(NC3CCCCCCCCC3)(C1)C2. The van der Waals surface area contributed by atoms with Crippen LogP contribution in [0.4, 0.5) is 0 Å². The standard InChI is InChI=1S/C26H46N2O2/c29-24(18-30-23-16-12-8-4-5-9-13-17-23)28-26-19-25(20-26,21-26)27-22-14-10-6-2-1-3-7-11-15-22/h22-23,27H,1-21H2,(H,28,29). The second-order valence-electron chi connectivity index (χ2n) is 11.2. The Morgan fingerprint density at radius 3 is 1.67 bits per heavy atom. The molecule has 2 N–H and O–H groups in total. The lowest BCUT2D eigenvalue weighted by Gasteiger charge is -2.71. The number of amides is 1. The predicted octanol–water partition coefficient (Wildman–Crippen LogP) is 5.78. The van der Waals surface area contributed by atoms with Crippen LogP contribution in [0.5, 0.6) is 0 Å². The Balaban J connectivity index is 1.14. The summed E-state index contributed by atoms with van der Waals surface area (Å²) in [5.74, 6) is 0.113. The molecule has 5 rings (SSSR count). The summed E-state index contributed by atoms with van der Waals surface area (Å²) >= 11 is 0. The lowest BCUT2D eigenvalue weighted by atomic mass is 9.44.